The Hall–Kier alpha value is -2.08. The largest absolute Gasteiger partial charge is 0.497 e. The van der Waals surface area contributed by atoms with Crippen LogP contribution in [0.15, 0.2) is 24.3 Å². The van der Waals surface area contributed by atoms with Gasteiger partial charge in [-0.3, -0.25) is 9.59 Å². The lowest BCUT2D eigenvalue weighted by Gasteiger charge is -2.40. The molecule has 2 fully saturated rings. The highest BCUT2D eigenvalue weighted by atomic mass is 16.5. The van der Waals surface area contributed by atoms with Gasteiger partial charge in [0.05, 0.1) is 32.8 Å². The molecule has 2 aliphatic rings. The van der Waals surface area contributed by atoms with Crippen LogP contribution in [-0.4, -0.2) is 56.8 Å². The summed E-state index contributed by atoms with van der Waals surface area (Å²) in [5, 5.41) is 0. The Labute approximate surface area is 135 Å². The average molecular weight is 319 g/mol. The lowest BCUT2D eigenvalue weighted by Crippen LogP contribution is -2.51. The van der Waals surface area contributed by atoms with Crippen LogP contribution >= 0.6 is 0 Å². The Morgan fingerprint density at radius 3 is 2.78 bits per heavy atom. The molecule has 1 atom stereocenters. The zero-order chi connectivity index (χ0) is 16.4. The molecular weight excluding hydrogens is 298 g/mol. The topological polar surface area (TPSA) is 65.1 Å². The molecule has 2 saturated heterocycles. The molecule has 0 radical (unpaired) electrons. The molecule has 0 aliphatic carbocycles. The summed E-state index contributed by atoms with van der Waals surface area (Å²) in [5.41, 5.74) is 0.269. The minimum absolute atomic E-state index is 0.0954. The van der Waals surface area contributed by atoms with E-state index in [1.54, 1.807) is 43.2 Å². The van der Waals surface area contributed by atoms with Gasteiger partial charge in [0.15, 0.2) is 0 Å². The van der Waals surface area contributed by atoms with Crippen molar-refractivity contribution in [3.8, 4) is 5.75 Å². The summed E-state index contributed by atoms with van der Waals surface area (Å²) in [5.74, 6) is -0.0110. The van der Waals surface area contributed by atoms with Crippen LogP contribution < -0.4 is 4.74 Å². The molecular formula is C17H21NO5. The molecule has 0 N–H and O–H groups in total. The second-order valence-corrected chi connectivity index (χ2v) is 6.08. The van der Waals surface area contributed by atoms with Gasteiger partial charge in [-0.2, -0.15) is 0 Å². The summed E-state index contributed by atoms with van der Waals surface area (Å²) in [6.45, 7) is 4.02. The Balaban J connectivity index is 1.78. The summed E-state index contributed by atoms with van der Waals surface area (Å²) < 4.78 is 15.7. The van der Waals surface area contributed by atoms with Crippen molar-refractivity contribution in [2.75, 3.05) is 40.0 Å². The standard InChI is InChI=1S/C17H21NO5/c1-3-23-16(20)14-8-18(9-17(14)10-22-11-17)15(19)12-5-4-6-13(7-12)21-2/h4-7,14H,3,8-11H2,1-2H3/t14-/m0/s1. The highest BCUT2D eigenvalue weighted by Gasteiger charge is 2.56. The molecule has 1 amide bonds. The molecule has 6 nitrogen and oxygen atoms in total. The normalized spacial score (nSPS) is 21.8. The van der Waals surface area contributed by atoms with Crippen LogP contribution in [0.1, 0.15) is 17.3 Å². The Kier molecular flexibility index (Phi) is 4.26. The monoisotopic (exact) mass is 319 g/mol. The van der Waals surface area contributed by atoms with E-state index in [9.17, 15) is 9.59 Å². The number of hydrogen-bond donors (Lipinski definition) is 0. The molecule has 1 spiro atoms. The number of esters is 1. The Morgan fingerprint density at radius 2 is 2.17 bits per heavy atom. The Bertz CT molecular complexity index is 611. The van der Waals surface area contributed by atoms with E-state index in [0.29, 0.717) is 44.2 Å². The van der Waals surface area contributed by atoms with Gasteiger partial charge in [-0.05, 0) is 25.1 Å². The molecule has 0 aromatic heterocycles. The highest BCUT2D eigenvalue weighted by molar-refractivity contribution is 5.95. The second kappa shape index (κ2) is 6.20. The lowest BCUT2D eigenvalue weighted by molar-refractivity contribution is -0.169. The van der Waals surface area contributed by atoms with E-state index in [1.807, 2.05) is 0 Å². The lowest BCUT2D eigenvalue weighted by atomic mass is 9.76. The third kappa shape index (κ3) is 2.79. The second-order valence-electron chi connectivity index (χ2n) is 6.08. The van der Waals surface area contributed by atoms with Crippen LogP contribution in [-0.2, 0) is 14.3 Å². The zero-order valence-corrected chi connectivity index (χ0v) is 13.4. The number of likely N-dealkylation sites (tertiary alicyclic amines) is 1. The van der Waals surface area contributed by atoms with Crippen molar-refractivity contribution < 1.29 is 23.8 Å². The SMILES string of the molecule is CCOC(=O)[C@@H]1CN(C(=O)c2cccc(OC)c2)CC12COC2. The van der Waals surface area contributed by atoms with Gasteiger partial charge >= 0.3 is 5.97 Å². The first-order chi connectivity index (χ1) is 11.1. The fourth-order valence-electron chi connectivity index (χ4n) is 3.29. The average Bonchev–Trinajstić information content (AvgIpc) is 2.95. The summed E-state index contributed by atoms with van der Waals surface area (Å²) in [6, 6.07) is 7.05. The number of ether oxygens (including phenoxy) is 3. The maximum atomic E-state index is 12.7. The van der Waals surface area contributed by atoms with Gasteiger partial charge in [-0.15, -0.1) is 0 Å². The molecule has 0 bridgehead atoms. The zero-order valence-electron chi connectivity index (χ0n) is 13.4. The first-order valence-electron chi connectivity index (χ1n) is 7.77. The van der Waals surface area contributed by atoms with E-state index in [4.69, 9.17) is 14.2 Å². The molecule has 0 unspecified atom stereocenters. The summed E-state index contributed by atoms with van der Waals surface area (Å²) in [6.07, 6.45) is 0. The van der Waals surface area contributed by atoms with Crippen molar-refractivity contribution in [1.82, 2.24) is 4.90 Å². The van der Waals surface area contributed by atoms with Crippen molar-refractivity contribution >= 4 is 11.9 Å². The van der Waals surface area contributed by atoms with E-state index in [-0.39, 0.29) is 23.2 Å². The molecule has 6 heteroatoms. The van der Waals surface area contributed by atoms with Crippen LogP contribution in [0.25, 0.3) is 0 Å². The van der Waals surface area contributed by atoms with Crippen molar-refractivity contribution in [2.24, 2.45) is 11.3 Å². The third-order valence-electron chi connectivity index (χ3n) is 4.60. The summed E-state index contributed by atoms with van der Waals surface area (Å²) >= 11 is 0. The predicted octanol–water partition coefficient (Wildman–Crippen LogP) is 1.35. The van der Waals surface area contributed by atoms with E-state index in [1.165, 1.54) is 0 Å². The number of benzene rings is 1. The number of amides is 1. The van der Waals surface area contributed by atoms with E-state index in [0.717, 1.165) is 0 Å². The molecule has 2 heterocycles. The number of carbonyl (C=O) groups excluding carboxylic acids is 2. The van der Waals surface area contributed by atoms with Gasteiger partial charge in [-0.25, -0.2) is 0 Å². The van der Waals surface area contributed by atoms with Gasteiger partial charge in [-0.1, -0.05) is 6.07 Å². The number of nitrogens with zero attached hydrogens (tertiary/aromatic N) is 1. The van der Waals surface area contributed by atoms with Gasteiger partial charge < -0.3 is 19.1 Å². The van der Waals surface area contributed by atoms with Gasteiger partial charge in [0.25, 0.3) is 5.91 Å². The van der Waals surface area contributed by atoms with Crippen LogP contribution in [0.2, 0.25) is 0 Å². The third-order valence-corrected chi connectivity index (χ3v) is 4.60. The van der Waals surface area contributed by atoms with Gasteiger partial charge in [0, 0.05) is 24.1 Å². The minimum atomic E-state index is -0.314. The molecule has 124 valence electrons. The van der Waals surface area contributed by atoms with Crippen LogP contribution in [0.4, 0.5) is 0 Å². The fourth-order valence-corrected chi connectivity index (χ4v) is 3.29. The van der Waals surface area contributed by atoms with Crippen molar-refractivity contribution in [1.29, 1.82) is 0 Å². The van der Waals surface area contributed by atoms with Crippen LogP contribution in [0.3, 0.4) is 0 Å². The summed E-state index contributed by atoms with van der Waals surface area (Å²) in [4.78, 5) is 26.7. The quantitative estimate of drug-likeness (QED) is 0.784. The molecule has 3 rings (SSSR count). The molecule has 1 aromatic rings. The van der Waals surface area contributed by atoms with Crippen molar-refractivity contribution in [3.05, 3.63) is 29.8 Å². The number of hydrogen-bond acceptors (Lipinski definition) is 5. The number of methoxy groups -OCH3 is 1. The van der Waals surface area contributed by atoms with E-state index >= 15 is 0 Å². The number of carbonyl (C=O) groups is 2. The van der Waals surface area contributed by atoms with Crippen LogP contribution in [0, 0.1) is 11.3 Å². The Morgan fingerprint density at radius 1 is 1.39 bits per heavy atom. The molecule has 0 saturated carbocycles. The van der Waals surface area contributed by atoms with Crippen molar-refractivity contribution in [2.45, 2.75) is 6.92 Å². The van der Waals surface area contributed by atoms with Crippen molar-refractivity contribution in [3.63, 3.8) is 0 Å². The molecule has 2 aliphatic heterocycles. The minimum Gasteiger partial charge on any atom is -0.497 e. The molecule has 23 heavy (non-hydrogen) atoms. The first kappa shape index (κ1) is 15.8. The highest BCUT2D eigenvalue weighted by Crippen LogP contribution is 2.43. The van der Waals surface area contributed by atoms with E-state index < -0.39 is 0 Å². The summed E-state index contributed by atoms with van der Waals surface area (Å²) in [7, 11) is 1.57. The van der Waals surface area contributed by atoms with Gasteiger partial charge in [0.2, 0.25) is 0 Å². The maximum Gasteiger partial charge on any atom is 0.311 e. The predicted molar refractivity (Wildman–Crippen MR) is 82.3 cm³/mol. The number of rotatable bonds is 4. The van der Waals surface area contributed by atoms with Crippen LogP contribution in [0.5, 0.6) is 5.75 Å². The van der Waals surface area contributed by atoms with E-state index in [2.05, 4.69) is 0 Å². The van der Waals surface area contributed by atoms with Gasteiger partial charge in [0.1, 0.15) is 5.75 Å². The first-order valence-corrected chi connectivity index (χ1v) is 7.77. The maximum absolute atomic E-state index is 12.7. The molecule has 1 aromatic carbocycles. The fraction of sp³-hybridized carbons (Fsp3) is 0.529. The smallest absolute Gasteiger partial charge is 0.311 e.